The van der Waals surface area contributed by atoms with Gasteiger partial charge in [-0.3, -0.25) is 0 Å². The average Bonchev–Trinajstić information content (AvgIpc) is 2.17. The molecule has 0 radical (unpaired) electrons. The average molecular weight is 242 g/mol. The van der Waals surface area contributed by atoms with Crippen LogP contribution in [0.25, 0.3) is 0 Å². The van der Waals surface area contributed by atoms with E-state index in [1.165, 1.54) is 12.1 Å². The highest BCUT2D eigenvalue weighted by Crippen LogP contribution is 2.24. The Morgan fingerprint density at radius 1 is 1.50 bits per heavy atom. The van der Waals surface area contributed by atoms with E-state index >= 15 is 0 Å². The van der Waals surface area contributed by atoms with Crippen LogP contribution < -0.4 is 5.32 Å². The van der Waals surface area contributed by atoms with Crippen LogP contribution in [-0.2, 0) is 0 Å². The lowest BCUT2D eigenvalue weighted by Gasteiger charge is -2.20. The first-order valence-corrected chi connectivity index (χ1v) is 5.74. The van der Waals surface area contributed by atoms with Gasteiger partial charge in [0, 0.05) is 17.1 Å². The summed E-state index contributed by atoms with van der Waals surface area (Å²) in [6, 6.07) is 4.91. The maximum atomic E-state index is 12.9. The monoisotopic (exact) mass is 241 g/mol. The molecule has 0 aromatic heterocycles. The minimum Gasteiger partial charge on any atom is -0.307 e. The van der Waals surface area contributed by atoms with E-state index in [0.717, 1.165) is 12.0 Å². The van der Waals surface area contributed by atoms with Crippen molar-refractivity contribution in [3.8, 4) is 0 Å². The lowest BCUT2D eigenvalue weighted by atomic mass is 10.1. The minimum absolute atomic E-state index is 0.100. The Bertz CT molecular complexity index is 365. The lowest BCUT2D eigenvalue weighted by molar-refractivity contribution is 0.482. The van der Waals surface area contributed by atoms with Gasteiger partial charge < -0.3 is 5.32 Å². The Balaban J connectivity index is 2.72. The van der Waals surface area contributed by atoms with Gasteiger partial charge in [-0.05, 0) is 38.0 Å². The van der Waals surface area contributed by atoms with Crippen LogP contribution >= 0.6 is 11.6 Å². The first-order valence-electron chi connectivity index (χ1n) is 5.36. The zero-order valence-electron chi connectivity index (χ0n) is 9.63. The van der Waals surface area contributed by atoms with Gasteiger partial charge in [0.25, 0.3) is 0 Å². The zero-order valence-corrected chi connectivity index (χ0v) is 10.4. The molecule has 0 bridgehead atoms. The Morgan fingerprint density at radius 3 is 2.75 bits per heavy atom. The molecule has 0 heterocycles. The standard InChI is InChI=1S/C13H17ClFN/c1-4-5-9(2)16-10(3)12-7-6-11(15)8-13(12)14/h4,6-10,16H,1,5H2,2-3H3. The minimum atomic E-state index is -0.305. The summed E-state index contributed by atoms with van der Waals surface area (Å²) >= 11 is 5.98. The van der Waals surface area contributed by atoms with Gasteiger partial charge >= 0.3 is 0 Å². The maximum absolute atomic E-state index is 12.9. The summed E-state index contributed by atoms with van der Waals surface area (Å²) < 4.78 is 12.9. The molecule has 0 spiro atoms. The molecule has 16 heavy (non-hydrogen) atoms. The number of rotatable bonds is 5. The third-order valence-electron chi connectivity index (χ3n) is 2.48. The van der Waals surface area contributed by atoms with Crippen molar-refractivity contribution < 1.29 is 4.39 Å². The highest BCUT2D eigenvalue weighted by atomic mass is 35.5. The van der Waals surface area contributed by atoms with Gasteiger partial charge in [-0.15, -0.1) is 6.58 Å². The molecular weight excluding hydrogens is 225 g/mol. The van der Waals surface area contributed by atoms with Crippen LogP contribution in [0.2, 0.25) is 5.02 Å². The molecule has 1 N–H and O–H groups in total. The van der Waals surface area contributed by atoms with Crippen molar-refractivity contribution in [2.24, 2.45) is 0 Å². The van der Waals surface area contributed by atoms with Crippen molar-refractivity contribution in [1.29, 1.82) is 0 Å². The van der Waals surface area contributed by atoms with Gasteiger partial charge in [-0.1, -0.05) is 23.7 Å². The fraction of sp³-hybridized carbons (Fsp3) is 0.385. The van der Waals surface area contributed by atoms with Crippen molar-refractivity contribution >= 4 is 11.6 Å². The van der Waals surface area contributed by atoms with Crippen molar-refractivity contribution in [1.82, 2.24) is 5.32 Å². The van der Waals surface area contributed by atoms with E-state index in [0.29, 0.717) is 11.1 Å². The normalized spacial score (nSPS) is 14.5. The Morgan fingerprint density at radius 2 is 2.19 bits per heavy atom. The zero-order chi connectivity index (χ0) is 12.1. The summed E-state index contributed by atoms with van der Waals surface area (Å²) in [7, 11) is 0. The first kappa shape index (κ1) is 13.2. The van der Waals surface area contributed by atoms with Gasteiger partial charge in [-0.25, -0.2) is 4.39 Å². The molecule has 0 fully saturated rings. The molecule has 1 aromatic carbocycles. The highest BCUT2D eigenvalue weighted by molar-refractivity contribution is 6.31. The van der Waals surface area contributed by atoms with Gasteiger partial charge in [-0.2, -0.15) is 0 Å². The summed E-state index contributed by atoms with van der Waals surface area (Å²) in [6.45, 7) is 7.79. The third-order valence-corrected chi connectivity index (χ3v) is 2.81. The summed E-state index contributed by atoms with van der Waals surface area (Å²) in [6.07, 6.45) is 2.76. The maximum Gasteiger partial charge on any atom is 0.124 e. The summed E-state index contributed by atoms with van der Waals surface area (Å²) in [5.74, 6) is -0.305. The van der Waals surface area contributed by atoms with Crippen LogP contribution in [0.15, 0.2) is 30.9 Å². The van der Waals surface area contributed by atoms with E-state index in [4.69, 9.17) is 11.6 Å². The van der Waals surface area contributed by atoms with Gasteiger partial charge in [0.15, 0.2) is 0 Å². The number of hydrogen-bond donors (Lipinski definition) is 1. The van der Waals surface area contributed by atoms with Gasteiger partial charge in [0.1, 0.15) is 5.82 Å². The molecule has 0 amide bonds. The molecule has 2 unspecified atom stereocenters. The molecule has 0 saturated carbocycles. The molecule has 3 heteroatoms. The Kier molecular flexibility index (Phi) is 4.97. The number of hydrogen-bond acceptors (Lipinski definition) is 1. The second-order valence-electron chi connectivity index (χ2n) is 3.98. The van der Waals surface area contributed by atoms with Crippen molar-refractivity contribution in [2.75, 3.05) is 0 Å². The Labute approximate surface area is 101 Å². The van der Waals surface area contributed by atoms with E-state index in [-0.39, 0.29) is 11.9 Å². The molecule has 1 nitrogen and oxygen atoms in total. The molecule has 1 aromatic rings. The van der Waals surface area contributed by atoms with Crippen LogP contribution in [0.5, 0.6) is 0 Å². The molecule has 0 aliphatic heterocycles. The molecule has 1 rings (SSSR count). The summed E-state index contributed by atoms with van der Waals surface area (Å²) in [5, 5.41) is 3.84. The van der Waals surface area contributed by atoms with E-state index in [1.54, 1.807) is 6.07 Å². The van der Waals surface area contributed by atoms with Gasteiger partial charge in [0.2, 0.25) is 0 Å². The van der Waals surface area contributed by atoms with E-state index in [9.17, 15) is 4.39 Å². The van der Waals surface area contributed by atoms with Crippen LogP contribution in [0.3, 0.4) is 0 Å². The highest BCUT2D eigenvalue weighted by Gasteiger charge is 2.12. The van der Waals surface area contributed by atoms with Crippen LogP contribution in [0.1, 0.15) is 31.9 Å². The predicted octanol–water partition coefficient (Wildman–Crippen LogP) is 4.09. The van der Waals surface area contributed by atoms with Crippen LogP contribution in [-0.4, -0.2) is 6.04 Å². The quantitative estimate of drug-likeness (QED) is 0.766. The lowest BCUT2D eigenvalue weighted by Crippen LogP contribution is -2.28. The van der Waals surface area contributed by atoms with Crippen molar-refractivity contribution in [3.63, 3.8) is 0 Å². The van der Waals surface area contributed by atoms with E-state index in [1.807, 2.05) is 13.0 Å². The topological polar surface area (TPSA) is 12.0 Å². The third kappa shape index (κ3) is 3.62. The molecule has 2 atom stereocenters. The molecule has 0 aliphatic carbocycles. The van der Waals surface area contributed by atoms with Crippen molar-refractivity contribution in [2.45, 2.75) is 32.4 Å². The molecule has 88 valence electrons. The summed E-state index contributed by atoms with van der Waals surface area (Å²) in [5.41, 5.74) is 0.916. The van der Waals surface area contributed by atoms with E-state index < -0.39 is 0 Å². The SMILES string of the molecule is C=CCC(C)NC(C)c1ccc(F)cc1Cl. The largest absolute Gasteiger partial charge is 0.307 e. The molecular formula is C13H17ClFN. The second kappa shape index (κ2) is 6.02. The molecule has 0 saturated heterocycles. The fourth-order valence-corrected chi connectivity index (χ4v) is 2.02. The Hall–Kier alpha value is -0.860. The van der Waals surface area contributed by atoms with Crippen molar-refractivity contribution in [3.05, 3.63) is 47.3 Å². The smallest absolute Gasteiger partial charge is 0.124 e. The predicted molar refractivity (Wildman–Crippen MR) is 67.2 cm³/mol. The number of nitrogens with one attached hydrogen (secondary N) is 1. The fourth-order valence-electron chi connectivity index (χ4n) is 1.69. The number of halogens is 2. The van der Waals surface area contributed by atoms with E-state index in [2.05, 4.69) is 18.8 Å². The number of benzene rings is 1. The summed E-state index contributed by atoms with van der Waals surface area (Å²) in [4.78, 5) is 0. The second-order valence-corrected chi connectivity index (χ2v) is 4.39. The molecule has 0 aliphatic rings. The van der Waals surface area contributed by atoms with Crippen LogP contribution in [0.4, 0.5) is 4.39 Å². The van der Waals surface area contributed by atoms with Crippen LogP contribution in [0, 0.1) is 5.82 Å². The van der Waals surface area contributed by atoms with Gasteiger partial charge in [0.05, 0.1) is 0 Å². The first-order chi connectivity index (χ1) is 7.54.